The lowest BCUT2D eigenvalue weighted by Crippen LogP contribution is -1.72. The van der Waals surface area contributed by atoms with Crippen LogP contribution < -0.4 is 0 Å². The molecule has 0 amide bonds. The second kappa shape index (κ2) is 2.61. The number of fused-ring (bicyclic) bond motifs is 1. The van der Waals surface area contributed by atoms with E-state index in [2.05, 4.69) is 0 Å². The summed E-state index contributed by atoms with van der Waals surface area (Å²) >= 11 is 10.5. The first-order valence-electron chi connectivity index (χ1n) is 3.36. The maximum Gasteiger partial charge on any atom is 0.363 e. The van der Waals surface area contributed by atoms with Crippen molar-refractivity contribution < 1.29 is 8.83 Å². The molecule has 2 rings (SSSR count). The van der Waals surface area contributed by atoms with Crippen molar-refractivity contribution in [2.75, 3.05) is 0 Å². The van der Waals surface area contributed by atoms with Crippen LogP contribution in [0.2, 0.25) is 5.02 Å². The molecule has 0 atom stereocenters. The van der Waals surface area contributed by atoms with Gasteiger partial charge in [-0.1, -0.05) is 11.6 Å². The summed E-state index contributed by atoms with van der Waals surface area (Å²) in [6.45, 7) is 1.89. The molecule has 0 aliphatic heterocycles. The predicted octanol–water partition coefficient (Wildman–Crippen LogP) is 3.72. The third kappa shape index (κ3) is 1.15. The molecule has 2 aromatic rings. The quantitative estimate of drug-likeness (QED) is 0.607. The monoisotopic (exact) mass is 200 g/mol. The van der Waals surface area contributed by atoms with Crippen LogP contribution in [0.3, 0.4) is 0 Å². The molecule has 62 valence electrons. The van der Waals surface area contributed by atoms with Gasteiger partial charge in [0.2, 0.25) is 0 Å². The van der Waals surface area contributed by atoms with Crippen molar-refractivity contribution in [1.29, 1.82) is 0 Å². The molecule has 0 saturated heterocycles. The van der Waals surface area contributed by atoms with Crippen LogP contribution in [0.15, 0.2) is 21.0 Å². The standard InChI is InChI=1S/C8H5ClO2S/c1-4-2-5(9)3-6-7(4)11-8(12)10-6/h2-3H,1H3. The van der Waals surface area contributed by atoms with E-state index in [-0.39, 0.29) is 4.90 Å². The van der Waals surface area contributed by atoms with E-state index < -0.39 is 0 Å². The molecule has 12 heavy (non-hydrogen) atoms. The molecule has 1 heterocycles. The molecule has 4 heteroatoms. The van der Waals surface area contributed by atoms with Gasteiger partial charge in [-0.15, -0.1) is 0 Å². The topological polar surface area (TPSA) is 26.3 Å². The van der Waals surface area contributed by atoms with Crippen molar-refractivity contribution in [2.45, 2.75) is 6.92 Å². The summed E-state index contributed by atoms with van der Waals surface area (Å²) in [5.41, 5.74) is 2.20. The zero-order valence-corrected chi connectivity index (χ0v) is 7.83. The van der Waals surface area contributed by atoms with Gasteiger partial charge in [0.1, 0.15) is 0 Å². The third-order valence-corrected chi connectivity index (χ3v) is 1.97. The molecule has 0 radical (unpaired) electrons. The molecule has 0 saturated carbocycles. The Morgan fingerprint density at radius 1 is 1.33 bits per heavy atom. The molecule has 0 aliphatic carbocycles. The molecule has 0 aliphatic rings. The summed E-state index contributed by atoms with van der Waals surface area (Å²) in [5.74, 6) is 0. The lowest BCUT2D eigenvalue weighted by atomic mass is 10.2. The van der Waals surface area contributed by atoms with E-state index in [1.807, 2.05) is 6.92 Å². The molecule has 0 N–H and O–H groups in total. The second-order valence-corrected chi connectivity index (χ2v) is 3.27. The van der Waals surface area contributed by atoms with Crippen LogP contribution in [-0.4, -0.2) is 0 Å². The minimum atomic E-state index is 0.135. The van der Waals surface area contributed by atoms with E-state index >= 15 is 0 Å². The average molecular weight is 201 g/mol. The van der Waals surface area contributed by atoms with Gasteiger partial charge in [0.15, 0.2) is 11.2 Å². The Kier molecular flexibility index (Phi) is 1.70. The first-order valence-corrected chi connectivity index (χ1v) is 4.15. The maximum absolute atomic E-state index is 5.80. The van der Waals surface area contributed by atoms with Crippen LogP contribution in [0.1, 0.15) is 5.56 Å². The fourth-order valence-electron chi connectivity index (χ4n) is 1.10. The number of halogens is 1. The van der Waals surface area contributed by atoms with E-state index in [1.165, 1.54) is 0 Å². The van der Waals surface area contributed by atoms with Gasteiger partial charge in [-0.25, -0.2) is 0 Å². The number of hydrogen-bond donors (Lipinski definition) is 0. The van der Waals surface area contributed by atoms with Crippen molar-refractivity contribution in [2.24, 2.45) is 0 Å². The van der Waals surface area contributed by atoms with E-state index in [0.717, 1.165) is 5.56 Å². The smallest absolute Gasteiger partial charge is 0.363 e. The molecule has 0 bridgehead atoms. The van der Waals surface area contributed by atoms with Gasteiger partial charge in [0.25, 0.3) is 0 Å². The molecule has 0 unspecified atom stereocenters. The first-order chi connectivity index (χ1) is 5.66. The van der Waals surface area contributed by atoms with Crippen LogP contribution in [-0.2, 0) is 0 Å². The van der Waals surface area contributed by atoms with Crippen molar-refractivity contribution in [3.05, 3.63) is 27.6 Å². The zero-order chi connectivity index (χ0) is 8.72. The predicted molar refractivity (Wildman–Crippen MR) is 49.1 cm³/mol. The van der Waals surface area contributed by atoms with Gasteiger partial charge in [-0.2, -0.15) is 0 Å². The van der Waals surface area contributed by atoms with E-state index in [4.69, 9.17) is 32.7 Å². The van der Waals surface area contributed by atoms with E-state index in [9.17, 15) is 0 Å². The Bertz CT molecular complexity index is 483. The van der Waals surface area contributed by atoms with Gasteiger partial charge in [0, 0.05) is 23.3 Å². The Morgan fingerprint density at radius 2 is 2.08 bits per heavy atom. The average Bonchev–Trinajstić information content (AvgIpc) is 2.29. The van der Waals surface area contributed by atoms with Crippen LogP contribution >= 0.6 is 23.8 Å². The molecule has 2 nitrogen and oxygen atoms in total. The molecule has 1 aromatic heterocycles. The largest absolute Gasteiger partial charge is 0.413 e. The Balaban J connectivity index is 2.97. The summed E-state index contributed by atoms with van der Waals surface area (Å²) in [5, 5.41) is 0.625. The number of hydrogen-bond acceptors (Lipinski definition) is 3. The fraction of sp³-hybridized carbons (Fsp3) is 0.125. The summed E-state index contributed by atoms with van der Waals surface area (Å²) in [7, 11) is 0. The molecule has 0 spiro atoms. The molecule has 1 aromatic carbocycles. The van der Waals surface area contributed by atoms with Crippen molar-refractivity contribution >= 4 is 35.0 Å². The Hall–Kier alpha value is -0.800. The summed E-state index contributed by atoms with van der Waals surface area (Å²) in [4.78, 5) is 0.135. The summed E-state index contributed by atoms with van der Waals surface area (Å²) < 4.78 is 10.2. The van der Waals surface area contributed by atoms with Gasteiger partial charge >= 0.3 is 4.90 Å². The maximum atomic E-state index is 5.80. The second-order valence-electron chi connectivity index (χ2n) is 2.50. The highest BCUT2D eigenvalue weighted by atomic mass is 35.5. The molecule has 0 fully saturated rings. The lowest BCUT2D eigenvalue weighted by molar-refractivity contribution is 0.443. The number of rotatable bonds is 0. The highest BCUT2D eigenvalue weighted by molar-refractivity contribution is 7.71. The van der Waals surface area contributed by atoms with Crippen LogP contribution in [0.4, 0.5) is 0 Å². The summed E-state index contributed by atoms with van der Waals surface area (Å²) in [6.07, 6.45) is 0. The fourth-order valence-corrected chi connectivity index (χ4v) is 1.54. The van der Waals surface area contributed by atoms with Crippen LogP contribution in [0.5, 0.6) is 0 Å². The van der Waals surface area contributed by atoms with Crippen molar-refractivity contribution in [3.63, 3.8) is 0 Å². The van der Waals surface area contributed by atoms with E-state index in [0.29, 0.717) is 16.2 Å². The van der Waals surface area contributed by atoms with Crippen molar-refractivity contribution in [3.8, 4) is 0 Å². The van der Waals surface area contributed by atoms with Gasteiger partial charge in [-0.05, 0) is 18.6 Å². The number of aryl methyl sites for hydroxylation is 1. The van der Waals surface area contributed by atoms with Gasteiger partial charge < -0.3 is 8.83 Å². The molecular formula is C8H5ClO2S. The Morgan fingerprint density at radius 3 is 2.83 bits per heavy atom. The van der Waals surface area contributed by atoms with Gasteiger partial charge in [0.05, 0.1) is 0 Å². The van der Waals surface area contributed by atoms with Gasteiger partial charge in [-0.3, -0.25) is 0 Å². The molecular weight excluding hydrogens is 196 g/mol. The highest BCUT2D eigenvalue weighted by Crippen LogP contribution is 2.24. The van der Waals surface area contributed by atoms with Crippen LogP contribution in [0.25, 0.3) is 11.2 Å². The minimum Gasteiger partial charge on any atom is -0.413 e. The normalized spacial score (nSPS) is 10.8. The van der Waals surface area contributed by atoms with Crippen LogP contribution in [0, 0.1) is 11.8 Å². The lowest BCUT2D eigenvalue weighted by Gasteiger charge is -1.92. The Labute approximate surface area is 78.7 Å². The third-order valence-electron chi connectivity index (χ3n) is 1.58. The first kappa shape index (κ1) is 7.83. The summed E-state index contributed by atoms with van der Waals surface area (Å²) in [6, 6.07) is 3.49. The highest BCUT2D eigenvalue weighted by Gasteiger charge is 2.05. The van der Waals surface area contributed by atoms with E-state index in [1.54, 1.807) is 12.1 Å². The SMILES string of the molecule is Cc1cc(Cl)cc2oc(=S)oc12. The number of benzene rings is 1. The minimum absolute atomic E-state index is 0.135. The zero-order valence-electron chi connectivity index (χ0n) is 6.26. The van der Waals surface area contributed by atoms with Crippen molar-refractivity contribution in [1.82, 2.24) is 0 Å².